The van der Waals surface area contributed by atoms with E-state index < -0.39 is 0 Å². The summed E-state index contributed by atoms with van der Waals surface area (Å²) in [5.74, 6) is 1.06. The third kappa shape index (κ3) is 3.81. The molecule has 0 radical (unpaired) electrons. The standard InChI is InChI=1S/C23H25N7O2/c1-23(2,3)22-27-20(28-32-22)21(31)24-13-15-5-7-16(8-6-15)19-17-9-10-25-30(17)14-18(26-19)29-11-4-12-29/h5-10,14H,4,11-13H2,1-3H3,(H,24,31). The molecule has 5 rings (SSSR count). The number of carbonyl (C=O) groups is 1. The summed E-state index contributed by atoms with van der Waals surface area (Å²) < 4.78 is 7.07. The average Bonchev–Trinajstić information content (AvgIpc) is 3.40. The fourth-order valence-corrected chi connectivity index (χ4v) is 3.49. The molecule has 0 saturated carbocycles. The van der Waals surface area contributed by atoms with E-state index in [4.69, 9.17) is 9.51 Å². The van der Waals surface area contributed by atoms with Crippen LogP contribution >= 0.6 is 0 Å². The Kier molecular flexibility index (Phi) is 4.88. The van der Waals surface area contributed by atoms with Gasteiger partial charge in [-0.05, 0) is 18.1 Å². The number of rotatable bonds is 5. The van der Waals surface area contributed by atoms with Gasteiger partial charge in [0.15, 0.2) is 0 Å². The third-order valence-corrected chi connectivity index (χ3v) is 5.51. The molecule has 0 unspecified atom stereocenters. The Bertz CT molecular complexity index is 1260. The SMILES string of the molecule is CC(C)(C)c1nc(C(=O)NCc2ccc(-c3nc(N4CCC4)cn4nccc34)cc2)no1. The van der Waals surface area contributed by atoms with Gasteiger partial charge in [-0.15, -0.1) is 0 Å². The number of carbonyl (C=O) groups excluding carboxylic acids is 1. The molecule has 1 N–H and O–H groups in total. The zero-order chi connectivity index (χ0) is 22.3. The van der Waals surface area contributed by atoms with E-state index in [0.717, 1.165) is 41.2 Å². The molecule has 0 atom stereocenters. The lowest BCUT2D eigenvalue weighted by Crippen LogP contribution is -2.37. The first-order valence-corrected chi connectivity index (χ1v) is 10.7. The molecule has 1 aromatic carbocycles. The summed E-state index contributed by atoms with van der Waals surface area (Å²) in [4.78, 5) is 23.7. The van der Waals surface area contributed by atoms with Crippen LogP contribution in [-0.4, -0.2) is 43.7 Å². The highest BCUT2D eigenvalue weighted by atomic mass is 16.5. The summed E-state index contributed by atoms with van der Waals surface area (Å²) in [6, 6.07) is 9.97. The van der Waals surface area contributed by atoms with Crippen LogP contribution in [0.4, 0.5) is 5.82 Å². The van der Waals surface area contributed by atoms with E-state index in [9.17, 15) is 4.79 Å². The first-order valence-electron chi connectivity index (χ1n) is 10.7. The molecular weight excluding hydrogens is 406 g/mol. The predicted molar refractivity (Wildman–Crippen MR) is 119 cm³/mol. The molecular formula is C23H25N7O2. The van der Waals surface area contributed by atoms with Crippen LogP contribution in [-0.2, 0) is 12.0 Å². The van der Waals surface area contributed by atoms with Crippen molar-refractivity contribution in [2.24, 2.45) is 0 Å². The quantitative estimate of drug-likeness (QED) is 0.518. The lowest BCUT2D eigenvalue weighted by molar-refractivity contribution is 0.0937. The maximum atomic E-state index is 12.4. The molecule has 32 heavy (non-hydrogen) atoms. The molecule has 9 nitrogen and oxygen atoms in total. The van der Waals surface area contributed by atoms with E-state index in [2.05, 4.69) is 25.5 Å². The van der Waals surface area contributed by atoms with Crippen LogP contribution in [0, 0.1) is 0 Å². The molecule has 9 heteroatoms. The molecule has 1 aliphatic rings. The molecule has 0 spiro atoms. The van der Waals surface area contributed by atoms with Gasteiger partial charge in [0, 0.05) is 30.6 Å². The van der Waals surface area contributed by atoms with Crippen molar-refractivity contribution in [3.63, 3.8) is 0 Å². The van der Waals surface area contributed by atoms with Crippen LogP contribution in [0.1, 0.15) is 49.3 Å². The largest absolute Gasteiger partial charge is 0.355 e. The number of nitrogens with one attached hydrogen (secondary N) is 1. The van der Waals surface area contributed by atoms with E-state index in [1.807, 2.05) is 61.8 Å². The molecule has 1 amide bonds. The molecule has 0 bridgehead atoms. The molecule has 0 aliphatic carbocycles. The van der Waals surface area contributed by atoms with Gasteiger partial charge in [0.05, 0.1) is 23.6 Å². The van der Waals surface area contributed by atoms with Crippen molar-refractivity contribution in [3.05, 3.63) is 60.0 Å². The maximum Gasteiger partial charge on any atom is 0.292 e. The lowest BCUT2D eigenvalue weighted by atomic mass is 9.97. The van der Waals surface area contributed by atoms with Crippen LogP contribution in [0.25, 0.3) is 16.8 Å². The number of anilines is 1. The lowest BCUT2D eigenvalue weighted by Gasteiger charge is -2.32. The second kappa shape index (κ2) is 7.74. The van der Waals surface area contributed by atoms with Gasteiger partial charge in [0.1, 0.15) is 5.82 Å². The van der Waals surface area contributed by atoms with Gasteiger partial charge < -0.3 is 14.7 Å². The highest BCUT2D eigenvalue weighted by Gasteiger charge is 2.24. The second-order valence-corrected chi connectivity index (χ2v) is 9.00. The van der Waals surface area contributed by atoms with Gasteiger partial charge in [0.2, 0.25) is 5.89 Å². The van der Waals surface area contributed by atoms with Gasteiger partial charge in [-0.1, -0.05) is 50.2 Å². The van der Waals surface area contributed by atoms with E-state index in [1.165, 1.54) is 6.42 Å². The summed E-state index contributed by atoms with van der Waals surface area (Å²) in [7, 11) is 0. The van der Waals surface area contributed by atoms with Gasteiger partial charge >= 0.3 is 0 Å². The number of amides is 1. The molecule has 3 aromatic heterocycles. The van der Waals surface area contributed by atoms with Crippen LogP contribution in [0.3, 0.4) is 0 Å². The smallest absolute Gasteiger partial charge is 0.292 e. The monoisotopic (exact) mass is 431 g/mol. The summed E-state index contributed by atoms with van der Waals surface area (Å²) in [6.07, 6.45) is 4.95. The van der Waals surface area contributed by atoms with Crippen LogP contribution < -0.4 is 10.2 Å². The predicted octanol–water partition coefficient (Wildman–Crippen LogP) is 3.22. The Morgan fingerprint density at radius 2 is 1.91 bits per heavy atom. The van der Waals surface area contributed by atoms with Crippen LogP contribution in [0.2, 0.25) is 0 Å². The maximum absolute atomic E-state index is 12.4. The third-order valence-electron chi connectivity index (χ3n) is 5.51. The van der Waals surface area contributed by atoms with Crippen molar-refractivity contribution in [1.29, 1.82) is 0 Å². The minimum Gasteiger partial charge on any atom is -0.355 e. The van der Waals surface area contributed by atoms with E-state index in [0.29, 0.717) is 12.4 Å². The summed E-state index contributed by atoms with van der Waals surface area (Å²) in [5, 5.41) is 11.0. The van der Waals surface area contributed by atoms with E-state index in [-0.39, 0.29) is 17.1 Å². The Morgan fingerprint density at radius 1 is 1.12 bits per heavy atom. The molecule has 4 aromatic rings. The van der Waals surface area contributed by atoms with E-state index >= 15 is 0 Å². The topological polar surface area (TPSA) is 101 Å². The van der Waals surface area contributed by atoms with Gasteiger partial charge in [0.25, 0.3) is 11.7 Å². The zero-order valence-corrected chi connectivity index (χ0v) is 18.4. The number of nitrogens with zero attached hydrogens (tertiary/aromatic N) is 6. The van der Waals surface area contributed by atoms with Crippen LogP contribution in [0.5, 0.6) is 0 Å². The minimum absolute atomic E-state index is 0.0432. The summed E-state index contributed by atoms with van der Waals surface area (Å²) >= 11 is 0. The number of benzene rings is 1. The Morgan fingerprint density at radius 3 is 2.56 bits per heavy atom. The molecule has 1 aliphatic heterocycles. The fraction of sp³-hybridized carbons (Fsp3) is 0.348. The average molecular weight is 432 g/mol. The molecule has 164 valence electrons. The Balaban J connectivity index is 1.31. The van der Waals surface area contributed by atoms with Crippen molar-refractivity contribution in [3.8, 4) is 11.3 Å². The second-order valence-electron chi connectivity index (χ2n) is 9.00. The highest BCUT2D eigenvalue weighted by Crippen LogP contribution is 2.27. The van der Waals surface area contributed by atoms with Gasteiger partial charge in [-0.25, -0.2) is 9.50 Å². The van der Waals surface area contributed by atoms with Crippen molar-refractivity contribution >= 4 is 17.2 Å². The van der Waals surface area contributed by atoms with Crippen molar-refractivity contribution in [2.45, 2.75) is 39.2 Å². The van der Waals surface area contributed by atoms with Crippen molar-refractivity contribution in [1.82, 2.24) is 30.1 Å². The molecule has 4 heterocycles. The van der Waals surface area contributed by atoms with Gasteiger partial charge in [-0.3, -0.25) is 4.79 Å². The fourth-order valence-electron chi connectivity index (χ4n) is 3.49. The number of hydrogen-bond donors (Lipinski definition) is 1. The normalized spacial score (nSPS) is 13.9. The number of fused-ring (bicyclic) bond motifs is 1. The minimum atomic E-state index is -0.363. The molecule has 1 fully saturated rings. The summed E-state index contributed by atoms with van der Waals surface area (Å²) in [5.41, 5.74) is 3.51. The van der Waals surface area contributed by atoms with Crippen molar-refractivity contribution in [2.75, 3.05) is 18.0 Å². The van der Waals surface area contributed by atoms with Gasteiger partial charge in [-0.2, -0.15) is 10.1 Å². The zero-order valence-electron chi connectivity index (χ0n) is 18.4. The number of aromatic nitrogens is 5. The van der Waals surface area contributed by atoms with Crippen LogP contribution in [0.15, 0.2) is 47.2 Å². The Hall–Kier alpha value is -3.75. The molecule has 1 saturated heterocycles. The Labute approximate surface area is 185 Å². The van der Waals surface area contributed by atoms with Crippen molar-refractivity contribution < 1.29 is 9.32 Å². The first kappa shape index (κ1) is 20.2. The summed E-state index contributed by atoms with van der Waals surface area (Å²) in [6.45, 7) is 8.27. The highest BCUT2D eigenvalue weighted by molar-refractivity contribution is 5.90. The van der Waals surface area contributed by atoms with E-state index in [1.54, 1.807) is 6.20 Å². The first-order chi connectivity index (χ1) is 15.4. The number of hydrogen-bond acceptors (Lipinski definition) is 7.